The summed E-state index contributed by atoms with van der Waals surface area (Å²) in [5.74, 6) is -0.333. The van der Waals surface area contributed by atoms with Crippen molar-refractivity contribution in [3.63, 3.8) is 0 Å². The van der Waals surface area contributed by atoms with Crippen LogP contribution >= 0.6 is 0 Å². The van der Waals surface area contributed by atoms with Crippen LogP contribution in [-0.4, -0.2) is 35.3 Å². The highest BCUT2D eigenvalue weighted by Gasteiger charge is 2.44. The molecule has 168 valence electrons. The second-order valence-electron chi connectivity index (χ2n) is 7.95. The van der Waals surface area contributed by atoms with Crippen LogP contribution in [0.3, 0.4) is 0 Å². The van der Waals surface area contributed by atoms with Crippen LogP contribution in [0.5, 0.6) is 5.75 Å². The zero-order chi connectivity index (χ0) is 23.4. The van der Waals surface area contributed by atoms with Crippen LogP contribution in [0.25, 0.3) is 0 Å². The van der Waals surface area contributed by atoms with Gasteiger partial charge in [0.25, 0.3) is 11.8 Å². The molecule has 3 aromatic rings. The largest absolute Gasteiger partial charge is 0.494 e. The van der Waals surface area contributed by atoms with Crippen LogP contribution in [0.15, 0.2) is 78.9 Å². The van der Waals surface area contributed by atoms with Gasteiger partial charge in [-0.05, 0) is 55.3 Å². The molecule has 4 rings (SSSR count). The fraction of sp³-hybridized carbons (Fsp3) is 0.222. The Kier molecular flexibility index (Phi) is 6.54. The summed E-state index contributed by atoms with van der Waals surface area (Å²) in [4.78, 5) is 42.7. The number of carbonyl (C=O) groups is 3. The Hall–Kier alpha value is -3.93. The molecule has 6 nitrogen and oxygen atoms in total. The SMILES string of the molecule is CCOc1ccc(N2C(=O)CC(N(Cc3ccccc3)C(=O)c3ccccc3C)C2=O)cc1. The van der Waals surface area contributed by atoms with Gasteiger partial charge in [-0.15, -0.1) is 0 Å². The zero-order valence-corrected chi connectivity index (χ0v) is 18.7. The van der Waals surface area contributed by atoms with E-state index in [0.29, 0.717) is 23.6 Å². The van der Waals surface area contributed by atoms with Crippen molar-refractivity contribution >= 4 is 23.4 Å². The summed E-state index contributed by atoms with van der Waals surface area (Å²) in [5, 5.41) is 0. The number of hydrogen-bond donors (Lipinski definition) is 0. The van der Waals surface area contributed by atoms with Gasteiger partial charge in [-0.3, -0.25) is 14.4 Å². The third-order valence-corrected chi connectivity index (χ3v) is 5.74. The maximum atomic E-state index is 13.6. The number of hydrogen-bond acceptors (Lipinski definition) is 4. The van der Waals surface area contributed by atoms with Crippen LogP contribution in [0, 0.1) is 6.92 Å². The summed E-state index contributed by atoms with van der Waals surface area (Å²) in [6.45, 7) is 4.51. The summed E-state index contributed by atoms with van der Waals surface area (Å²) in [7, 11) is 0. The zero-order valence-electron chi connectivity index (χ0n) is 18.7. The normalized spacial score (nSPS) is 15.6. The molecule has 0 bridgehead atoms. The van der Waals surface area contributed by atoms with E-state index in [2.05, 4.69) is 0 Å². The molecule has 0 aliphatic carbocycles. The first-order valence-electron chi connectivity index (χ1n) is 11.0. The molecular weight excluding hydrogens is 416 g/mol. The third kappa shape index (κ3) is 4.65. The highest BCUT2D eigenvalue weighted by molar-refractivity contribution is 6.23. The number of nitrogens with zero attached hydrogens (tertiary/aromatic N) is 2. The summed E-state index contributed by atoms with van der Waals surface area (Å²) < 4.78 is 5.45. The Balaban J connectivity index is 1.66. The number of imide groups is 1. The molecule has 0 N–H and O–H groups in total. The first-order valence-corrected chi connectivity index (χ1v) is 11.0. The molecule has 1 aliphatic heterocycles. The van der Waals surface area contributed by atoms with E-state index in [4.69, 9.17) is 4.74 Å². The van der Waals surface area contributed by atoms with Crippen LogP contribution in [0.4, 0.5) is 5.69 Å². The third-order valence-electron chi connectivity index (χ3n) is 5.74. The van der Waals surface area contributed by atoms with Crippen LogP contribution in [0.2, 0.25) is 0 Å². The van der Waals surface area contributed by atoms with Gasteiger partial charge < -0.3 is 9.64 Å². The smallest absolute Gasteiger partial charge is 0.257 e. The molecule has 6 heteroatoms. The molecule has 0 spiro atoms. The average Bonchev–Trinajstić information content (AvgIpc) is 3.12. The van der Waals surface area contributed by atoms with E-state index in [1.54, 1.807) is 36.4 Å². The number of anilines is 1. The second kappa shape index (κ2) is 9.69. The Labute approximate surface area is 193 Å². The highest BCUT2D eigenvalue weighted by atomic mass is 16.5. The molecule has 3 aromatic carbocycles. The molecule has 3 amide bonds. The van der Waals surface area contributed by atoms with Crippen LogP contribution in [-0.2, 0) is 16.1 Å². The standard InChI is InChI=1S/C27H26N2O4/c1-3-33-22-15-13-21(14-16-22)29-25(30)17-24(27(29)32)28(18-20-10-5-4-6-11-20)26(31)23-12-8-7-9-19(23)2/h4-16,24H,3,17-18H2,1-2H3. The van der Waals surface area contributed by atoms with Gasteiger partial charge in [-0.25, -0.2) is 4.90 Å². The van der Waals surface area contributed by atoms with Gasteiger partial charge in [0.15, 0.2) is 0 Å². The lowest BCUT2D eigenvalue weighted by Gasteiger charge is -2.28. The van der Waals surface area contributed by atoms with Crippen molar-refractivity contribution in [3.8, 4) is 5.75 Å². The molecule has 0 saturated carbocycles. The first kappa shape index (κ1) is 22.3. The van der Waals surface area contributed by atoms with E-state index in [0.717, 1.165) is 11.1 Å². The number of ether oxygens (including phenoxy) is 1. The molecule has 1 saturated heterocycles. The lowest BCUT2D eigenvalue weighted by atomic mass is 10.0. The Morgan fingerprint density at radius 1 is 0.970 bits per heavy atom. The van der Waals surface area contributed by atoms with Crippen molar-refractivity contribution in [2.24, 2.45) is 0 Å². The van der Waals surface area contributed by atoms with E-state index in [1.165, 1.54) is 9.80 Å². The van der Waals surface area contributed by atoms with Gasteiger partial charge in [-0.1, -0.05) is 48.5 Å². The fourth-order valence-electron chi connectivity index (χ4n) is 4.06. The molecule has 1 atom stereocenters. The van der Waals surface area contributed by atoms with Crippen molar-refractivity contribution in [1.82, 2.24) is 4.90 Å². The first-order chi connectivity index (χ1) is 16.0. The lowest BCUT2D eigenvalue weighted by Crippen LogP contribution is -2.45. The topological polar surface area (TPSA) is 66.9 Å². The van der Waals surface area contributed by atoms with Gasteiger partial charge in [-0.2, -0.15) is 0 Å². The molecule has 1 fully saturated rings. The summed E-state index contributed by atoms with van der Waals surface area (Å²) >= 11 is 0. The number of amides is 3. The van der Waals surface area contributed by atoms with Gasteiger partial charge in [0.05, 0.1) is 18.7 Å². The van der Waals surface area contributed by atoms with E-state index in [9.17, 15) is 14.4 Å². The maximum absolute atomic E-state index is 13.6. The van der Waals surface area contributed by atoms with Crippen molar-refractivity contribution < 1.29 is 19.1 Å². The predicted octanol–water partition coefficient (Wildman–Crippen LogP) is 4.37. The quantitative estimate of drug-likeness (QED) is 0.510. The Bertz CT molecular complexity index is 1160. The van der Waals surface area contributed by atoms with Crippen LogP contribution < -0.4 is 9.64 Å². The van der Waals surface area contributed by atoms with E-state index >= 15 is 0 Å². The summed E-state index contributed by atoms with van der Waals surface area (Å²) in [6.07, 6.45) is -0.0590. The highest BCUT2D eigenvalue weighted by Crippen LogP contribution is 2.29. The van der Waals surface area contributed by atoms with Gasteiger partial charge in [0.2, 0.25) is 5.91 Å². The summed E-state index contributed by atoms with van der Waals surface area (Å²) in [6, 6.07) is 22.7. The minimum atomic E-state index is -0.878. The molecule has 1 aliphatic rings. The minimum absolute atomic E-state index is 0.0590. The average molecular weight is 443 g/mol. The summed E-state index contributed by atoms with van der Waals surface area (Å²) in [5.41, 5.74) is 2.70. The minimum Gasteiger partial charge on any atom is -0.494 e. The molecule has 0 radical (unpaired) electrons. The Morgan fingerprint density at radius 3 is 2.30 bits per heavy atom. The second-order valence-corrected chi connectivity index (χ2v) is 7.95. The van der Waals surface area contributed by atoms with E-state index in [1.807, 2.05) is 56.3 Å². The molecular formula is C27H26N2O4. The predicted molar refractivity (Wildman–Crippen MR) is 126 cm³/mol. The van der Waals surface area contributed by atoms with E-state index in [-0.39, 0.29) is 24.8 Å². The maximum Gasteiger partial charge on any atom is 0.257 e. The number of aryl methyl sites for hydroxylation is 1. The molecule has 33 heavy (non-hydrogen) atoms. The number of benzene rings is 3. The van der Waals surface area contributed by atoms with E-state index < -0.39 is 11.9 Å². The van der Waals surface area contributed by atoms with Crippen molar-refractivity contribution in [3.05, 3.63) is 95.6 Å². The lowest BCUT2D eigenvalue weighted by molar-refractivity contribution is -0.122. The van der Waals surface area contributed by atoms with Crippen LogP contribution in [0.1, 0.15) is 34.8 Å². The molecule has 1 heterocycles. The van der Waals surface area contributed by atoms with Gasteiger partial charge in [0.1, 0.15) is 11.8 Å². The fourth-order valence-corrected chi connectivity index (χ4v) is 4.06. The molecule has 1 unspecified atom stereocenters. The Morgan fingerprint density at radius 2 is 1.64 bits per heavy atom. The van der Waals surface area contributed by atoms with Crippen molar-refractivity contribution in [2.75, 3.05) is 11.5 Å². The van der Waals surface area contributed by atoms with Crippen molar-refractivity contribution in [1.29, 1.82) is 0 Å². The van der Waals surface area contributed by atoms with Gasteiger partial charge in [0, 0.05) is 12.1 Å². The van der Waals surface area contributed by atoms with Crippen molar-refractivity contribution in [2.45, 2.75) is 32.9 Å². The monoisotopic (exact) mass is 442 g/mol. The number of carbonyl (C=O) groups excluding carboxylic acids is 3. The molecule has 0 aromatic heterocycles. The number of rotatable bonds is 7. The van der Waals surface area contributed by atoms with Gasteiger partial charge >= 0.3 is 0 Å².